The molecule has 106 valence electrons. The summed E-state index contributed by atoms with van der Waals surface area (Å²) >= 11 is 0. The van der Waals surface area contributed by atoms with Gasteiger partial charge >= 0.3 is 5.63 Å². The first-order valence-electron chi connectivity index (χ1n) is 6.58. The molecule has 2 aromatic rings. The maximum atomic E-state index is 11.8. The van der Waals surface area contributed by atoms with Crippen molar-refractivity contribution in [3.05, 3.63) is 40.8 Å². The molecule has 0 fully saturated rings. The second-order valence-electron chi connectivity index (χ2n) is 4.31. The summed E-state index contributed by atoms with van der Waals surface area (Å²) in [5.41, 5.74) is 0.0409. The third-order valence-corrected chi connectivity index (χ3v) is 3.07. The summed E-state index contributed by atoms with van der Waals surface area (Å²) in [7, 11) is 0. The van der Waals surface area contributed by atoms with Crippen LogP contribution in [0, 0.1) is 0 Å². The summed E-state index contributed by atoms with van der Waals surface area (Å²) in [6, 6.07) is 8.21. The topological polar surface area (TPSA) is 59.8 Å². The number of benzene rings is 1. The van der Waals surface area contributed by atoms with Crippen molar-refractivity contribution in [3.8, 4) is 5.75 Å². The number of rotatable bonds is 5. The molecule has 0 aliphatic carbocycles. The van der Waals surface area contributed by atoms with Gasteiger partial charge < -0.3 is 14.1 Å². The van der Waals surface area contributed by atoms with E-state index in [4.69, 9.17) is 9.15 Å². The molecule has 1 aromatic heterocycles. The smallest absolute Gasteiger partial charge is 0.336 e. The van der Waals surface area contributed by atoms with Gasteiger partial charge in [-0.25, -0.2) is 4.79 Å². The molecular weight excluding hydrogens is 258 g/mol. The highest BCUT2D eigenvalue weighted by Crippen LogP contribution is 2.19. The van der Waals surface area contributed by atoms with Gasteiger partial charge in [0.1, 0.15) is 11.3 Å². The van der Waals surface area contributed by atoms with Crippen LogP contribution in [0.1, 0.15) is 13.8 Å². The second kappa shape index (κ2) is 6.23. The molecule has 0 spiro atoms. The van der Waals surface area contributed by atoms with Crippen LogP contribution in [0.15, 0.2) is 39.5 Å². The molecule has 1 aromatic carbocycles. The quantitative estimate of drug-likeness (QED) is 0.783. The Balaban J connectivity index is 2.10. The number of fused-ring (bicyclic) bond motifs is 1. The Morgan fingerprint density at radius 3 is 2.60 bits per heavy atom. The second-order valence-corrected chi connectivity index (χ2v) is 4.31. The van der Waals surface area contributed by atoms with Crippen LogP contribution in [0.5, 0.6) is 5.75 Å². The Morgan fingerprint density at radius 2 is 1.90 bits per heavy atom. The van der Waals surface area contributed by atoms with Gasteiger partial charge in [0.15, 0.2) is 6.61 Å². The van der Waals surface area contributed by atoms with Crippen molar-refractivity contribution >= 4 is 16.9 Å². The Labute approximate surface area is 116 Å². The predicted molar refractivity (Wildman–Crippen MR) is 75.9 cm³/mol. The van der Waals surface area contributed by atoms with Gasteiger partial charge in [0.2, 0.25) is 0 Å². The number of amides is 1. The lowest BCUT2D eigenvalue weighted by Crippen LogP contribution is -2.34. The number of ether oxygens (including phenoxy) is 1. The molecule has 1 amide bonds. The van der Waals surface area contributed by atoms with Gasteiger partial charge in [-0.2, -0.15) is 0 Å². The standard InChI is InChI=1S/C15H17NO4/c1-3-16(4-2)14(17)10-19-12-7-5-11-6-8-15(18)20-13(11)9-12/h5-9H,3-4,10H2,1-2H3. The van der Waals surface area contributed by atoms with Crippen LogP contribution in [-0.4, -0.2) is 30.5 Å². The van der Waals surface area contributed by atoms with Gasteiger partial charge in [-0.3, -0.25) is 4.79 Å². The van der Waals surface area contributed by atoms with Crippen molar-refractivity contribution in [2.75, 3.05) is 19.7 Å². The zero-order valence-electron chi connectivity index (χ0n) is 11.6. The van der Waals surface area contributed by atoms with E-state index in [1.54, 1.807) is 29.2 Å². The van der Waals surface area contributed by atoms with Crippen LogP contribution in [0.3, 0.4) is 0 Å². The first-order valence-corrected chi connectivity index (χ1v) is 6.58. The molecule has 0 aliphatic rings. The maximum Gasteiger partial charge on any atom is 0.336 e. The monoisotopic (exact) mass is 275 g/mol. The highest BCUT2D eigenvalue weighted by Gasteiger charge is 2.10. The lowest BCUT2D eigenvalue weighted by molar-refractivity contribution is -0.132. The summed E-state index contributed by atoms with van der Waals surface area (Å²) in [5, 5.41) is 0.812. The minimum Gasteiger partial charge on any atom is -0.484 e. The molecule has 0 saturated carbocycles. The van der Waals surface area contributed by atoms with Gasteiger partial charge in [-0.05, 0) is 32.0 Å². The van der Waals surface area contributed by atoms with Crippen LogP contribution < -0.4 is 10.4 Å². The minimum atomic E-state index is -0.408. The SMILES string of the molecule is CCN(CC)C(=O)COc1ccc2ccc(=O)oc2c1. The van der Waals surface area contributed by atoms with E-state index in [2.05, 4.69) is 0 Å². The van der Waals surface area contributed by atoms with Crippen LogP contribution in [0.25, 0.3) is 11.0 Å². The van der Waals surface area contributed by atoms with Gasteiger partial charge in [0, 0.05) is 30.6 Å². The number of carbonyl (C=O) groups excluding carboxylic acids is 1. The van der Waals surface area contributed by atoms with E-state index >= 15 is 0 Å². The first kappa shape index (κ1) is 14.1. The molecule has 0 aliphatic heterocycles. The molecule has 0 saturated heterocycles. The predicted octanol–water partition coefficient (Wildman–Crippen LogP) is 2.04. The molecule has 5 nitrogen and oxygen atoms in total. The molecule has 20 heavy (non-hydrogen) atoms. The maximum absolute atomic E-state index is 11.8. The Kier molecular flexibility index (Phi) is 4.40. The van der Waals surface area contributed by atoms with Crippen molar-refractivity contribution in [2.24, 2.45) is 0 Å². The van der Waals surface area contributed by atoms with E-state index in [0.717, 1.165) is 5.39 Å². The van der Waals surface area contributed by atoms with E-state index in [-0.39, 0.29) is 12.5 Å². The number of nitrogens with zero attached hydrogens (tertiary/aromatic N) is 1. The third kappa shape index (κ3) is 3.17. The highest BCUT2D eigenvalue weighted by molar-refractivity contribution is 5.79. The average molecular weight is 275 g/mol. The Bertz CT molecular complexity index is 658. The molecule has 5 heteroatoms. The summed E-state index contributed by atoms with van der Waals surface area (Å²) < 4.78 is 10.5. The average Bonchev–Trinajstić information content (AvgIpc) is 2.46. The van der Waals surface area contributed by atoms with Crippen LogP contribution in [0.2, 0.25) is 0 Å². The molecule has 0 radical (unpaired) electrons. The molecule has 2 rings (SSSR count). The number of likely N-dealkylation sites (N-methyl/N-ethyl adjacent to an activating group) is 1. The van der Waals surface area contributed by atoms with Crippen molar-refractivity contribution in [2.45, 2.75) is 13.8 Å². The molecule has 0 unspecified atom stereocenters. The summed E-state index contributed by atoms with van der Waals surface area (Å²) in [4.78, 5) is 24.7. The van der Waals surface area contributed by atoms with Crippen LogP contribution in [-0.2, 0) is 4.79 Å². The molecule has 0 N–H and O–H groups in total. The van der Waals surface area contributed by atoms with Crippen LogP contribution in [0.4, 0.5) is 0 Å². The Morgan fingerprint density at radius 1 is 1.20 bits per heavy atom. The van der Waals surface area contributed by atoms with Gasteiger partial charge in [0.05, 0.1) is 0 Å². The number of carbonyl (C=O) groups is 1. The van der Waals surface area contributed by atoms with Gasteiger partial charge in [-0.15, -0.1) is 0 Å². The van der Waals surface area contributed by atoms with E-state index in [1.165, 1.54) is 6.07 Å². The summed E-state index contributed by atoms with van der Waals surface area (Å²) in [6.45, 7) is 5.14. The van der Waals surface area contributed by atoms with Crippen LogP contribution >= 0.6 is 0 Å². The van der Waals surface area contributed by atoms with E-state index in [1.807, 2.05) is 13.8 Å². The Hall–Kier alpha value is -2.30. The normalized spacial score (nSPS) is 10.5. The molecule has 1 heterocycles. The van der Waals surface area contributed by atoms with Gasteiger partial charge in [-0.1, -0.05) is 0 Å². The third-order valence-electron chi connectivity index (χ3n) is 3.07. The summed E-state index contributed by atoms with van der Waals surface area (Å²) in [6.07, 6.45) is 0. The molecule has 0 bridgehead atoms. The van der Waals surface area contributed by atoms with E-state index in [0.29, 0.717) is 24.4 Å². The zero-order valence-corrected chi connectivity index (χ0v) is 11.6. The fourth-order valence-electron chi connectivity index (χ4n) is 1.94. The summed E-state index contributed by atoms with van der Waals surface area (Å²) in [5.74, 6) is 0.442. The van der Waals surface area contributed by atoms with Gasteiger partial charge in [0.25, 0.3) is 5.91 Å². The van der Waals surface area contributed by atoms with E-state index in [9.17, 15) is 9.59 Å². The van der Waals surface area contributed by atoms with Crippen molar-refractivity contribution in [3.63, 3.8) is 0 Å². The lowest BCUT2D eigenvalue weighted by atomic mass is 10.2. The minimum absolute atomic E-state index is 0.0236. The fourth-order valence-corrected chi connectivity index (χ4v) is 1.94. The molecule has 0 atom stereocenters. The molecular formula is C15H17NO4. The van der Waals surface area contributed by atoms with Crippen molar-refractivity contribution in [1.82, 2.24) is 4.90 Å². The van der Waals surface area contributed by atoms with Crippen molar-refractivity contribution < 1.29 is 13.9 Å². The number of hydrogen-bond acceptors (Lipinski definition) is 4. The fraction of sp³-hybridized carbons (Fsp3) is 0.333. The van der Waals surface area contributed by atoms with Crippen molar-refractivity contribution in [1.29, 1.82) is 0 Å². The highest BCUT2D eigenvalue weighted by atomic mass is 16.5. The first-order chi connectivity index (χ1) is 9.63. The largest absolute Gasteiger partial charge is 0.484 e. The lowest BCUT2D eigenvalue weighted by Gasteiger charge is -2.18. The van der Waals surface area contributed by atoms with E-state index < -0.39 is 5.63 Å². The number of hydrogen-bond donors (Lipinski definition) is 0. The zero-order chi connectivity index (χ0) is 14.5.